The lowest BCUT2D eigenvalue weighted by Gasteiger charge is -2.28. The molecule has 2 fully saturated rings. The van der Waals surface area contributed by atoms with Gasteiger partial charge in [0.25, 0.3) is 15.9 Å². The number of ether oxygens (including phenoxy) is 1. The van der Waals surface area contributed by atoms with Crippen molar-refractivity contribution in [2.24, 2.45) is 11.3 Å². The number of amides is 2. The van der Waals surface area contributed by atoms with Crippen molar-refractivity contribution < 1.29 is 41.0 Å². The fourth-order valence-electron chi connectivity index (χ4n) is 5.98. The Morgan fingerprint density at radius 2 is 1.90 bits per heavy atom. The normalized spacial score (nSPS) is 18.2. The molecule has 2 amide bonds. The maximum atomic E-state index is 13.1. The Balaban J connectivity index is 1.08. The summed E-state index contributed by atoms with van der Waals surface area (Å²) in [5, 5.41) is 16.3. The lowest BCUT2D eigenvalue weighted by Crippen LogP contribution is -2.41. The van der Waals surface area contributed by atoms with Crippen LogP contribution in [0.3, 0.4) is 0 Å². The molecule has 0 aromatic carbocycles. The zero-order valence-corrected chi connectivity index (χ0v) is 28.4. The monoisotopic (exact) mass is 727 g/mol. The third kappa shape index (κ3) is 8.55. The number of hydrogen-bond donors (Lipinski definition) is 3. The minimum absolute atomic E-state index is 0.0814. The van der Waals surface area contributed by atoms with Gasteiger partial charge in [-0.05, 0) is 82.6 Å². The van der Waals surface area contributed by atoms with Gasteiger partial charge in [-0.15, -0.1) is 5.10 Å². The van der Waals surface area contributed by atoms with Crippen LogP contribution in [-0.2, 0) is 10.0 Å². The first-order valence-electron chi connectivity index (χ1n) is 15.7. The first-order valence-corrected chi connectivity index (χ1v) is 17.6. The van der Waals surface area contributed by atoms with E-state index in [9.17, 15) is 36.3 Å². The molecule has 1 saturated heterocycles. The molecule has 3 N–H and O–H groups in total. The van der Waals surface area contributed by atoms with E-state index in [2.05, 4.69) is 20.4 Å². The molecular weight excluding hydrogens is 691 g/mol. The summed E-state index contributed by atoms with van der Waals surface area (Å²) in [4.78, 5) is 33.8. The molecule has 49 heavy (non-hydrogen) atoms. The van der Waals surface area contributed by atoms with E-state index in [0.717, 1.165) is 31.9 Å². The molecule has 2 aliphatic rings. The third-order valence-corrected chi connectivity index (χ3v) is 10.6. The largest absolute Gasteiger partial charge is 0.477 e. The second kappa shape index (κ2) is 14.0. The number of carboxylic acid groups (broad SMARTS) is 1. The van der Waals surface area contributed by atoms with Gasteiger partial charge in [0, 0.05) is 37.1 Å². The first-order chi connectivity index (χ1) is 23.0. The van der Waals surface area contributed by atoms with Crippen molar-refractivity contribution in [2.45, 2.75) is 75.4 Å². The third-order valence-electron chi connectivity index (χ3n) is 8.97. The van der Waals surface area contributed by atoms with Gasteiger partial charge in [-0.3, -0.25) is 4.79 Å². The minimum Gasteiger partial charge on any atom is -0.477 e. The highest BCUT2D eigenvalue weighted by Gasteiger charge is 2.62. The summed E-state index contributed by atoms with van der Waals surface area (Å²) in [7, 11) is -4.31. The number of alkyl halides is 3. The Bertz CT molecular complexity index is 1780. The number of nitrogens with one attached hydrogen (secondary N) is 2. The number of halogens is 4. The van der Waals surface area contributed by atoms with Crippen LogP contribution >= 0.6 is 11.6 Å². The number of carbonyl (C=O) groups excluding carboxylic acids is 1. The van der Waals surface area contributed by atoms with Gasteiger partial charge >= 0.3 is 12.3 Å². The standard InChI is InChI=1S/C31H37ClF3N7O6S/c1-29(2)17-20(19-41(29)28(44)45)5-3-4-14-36-23-8-6-21(18-37-23)49(46,47)40-27(43)22-7-9-24(38-26(22)32)42-15-10-25(39-42)48-16-13-30(11-12-30)31(33,34)35/h6-10,15,18,20H,3-5,11-14,16-17,19H2,1-2H3,(H,36,37)(H,40,43)(H,44,45). The van der Waals surface area contributed by atoms with E-state index in [4.69, 9.17) is 16.3 Å². The molecule has 1 saturated carbocycles. The highest BCUT2D eigenvalue weighted by atomic mass is 35.5. The number of pyridine rings is 2. The molecule has 0 bridgehead atoms. The number of unbranched alkanes of at least 4 members (excludes halogenated alkanes) is 1. The lowest BCUT2D eigenvalue weighted by atomic mass is 9.93. The Morgan fingerprint density at radius 3 is 2.51 bits per heavy atom. The fraction of sp³-hybridized carbons (Fsp3) is 0.516. The average molecular weight is 728 g/mol. The number of rotatable bonds is 14. The molecule has 266 valence electrons. The van der Waals surface area contributed by atoms with E-state index in [1.807, 2.05) is 18.6 Å². The van der Waals surface area contributed by atoms with Crippen molar-refractivity contribution in [3.63, 3.8) is 0 Å². The van der Waals surface area contributed by atoms with Crippen molar-refractivity contribution in [1.29, 1.82) is 0 Å². The van der Waals surface area contributed by atoms with Crippen LogP contribution in [0.25, 0.3) is 5.82 Å². The summed E-state index contributed by atoms with van der Waals surface area (Å²) < 4.78 is 73.7. The molecule has 13 nitrogen and oxygen atoms in total. The fourth-order valence-corrected chi connectivity index (χ4v) is 7.13. The van der Waals surface area contributed by atoms with E-state index >= 15 is 0 Å². The van der Waals surface area contributed by atoms with Gasteiger partial charge in [-0.1, -0.05) is 18.0 Å². The molecular formula is C31H37ClF3N7O6S. The number of likely N-dealkylation sites (tertiary alicyclic amines) is 1. The Labute approximate surface area is 286 Å². The Hall–Kier alpha value is -4.12. The predicted octanol–water partition coefficient (Wildman–Crippen LogP) is 5.91. The van der Waals surface area contributed by atoms with Crippen LogP contribution in [0.5, 0.6) is 5.88 Å². The molecule has 0 radical (unpaired) electrons. The summed E-state index contributed by atoms with van der Waals surface area (Å²) in [6.45, 7) is 4.83. The number of hydrogen-bond acceptors (Lipinski definition) is 9. The van der Waals surface area contributed by atoms with Crippen LogP contribution in [0.2, 0.25) is 5.15 Å². The van der Waals surface area contributed by atoms with E-state index in [1.165, 1.54) is 46.1 Å². The second-order valence-electron chi connectivity index (χ2n) is 13.0. The molecule has 1 aliphatic heterocycles. The van der Waals surface area contributed by atoms with Crippen molar-refractivity contribution >= 4 is 39.4 Å². The van der Waals surface area contributed by atoms with Gasteiger partial charge in [0.05, 0.1) is 17.6 Å². The van der Waals surface area contributed by atoms with E-state index in [-0.39, 0.29) is 58.7 Å². The number of nitrogens with zero attached hydrogens (tertiary/aromatic N) is 5. The SMILES string of the molecule is CC1(C)CC(CCCCNc2ccc(S(=O)(=O)NC(=O)c3ccc(-n4ccc(OCCC5(C(F)(F)F)CC5)n4)nc3Cl)cn2)CN1C(=O)O. The van der Waals surface area contributed by atoms with Gasteiger partial charge in [-0.25, -0.2) is 32.6 Å². The predicted molar refractivity (Wildman–Crippen MR) is 172 cm³/mol. The van der Waals surface area contributed by atoms with E-state index in [0.29, 0.717) is 24.8 Å². The number of aromatic nitrogens is 4. The molecule has 1 unspecified atom stereocenters. The van der Waals surface area contributed by atoms with Gasteiger partial charge < -0.3 is 20.1 Å². The van der Waals surface area contributed by atoms with Gasteiger partial charge in [0.1, 0.15) is 15.9 Å². The van der Waals surface area contributed by atoms with Gasteiger partial charge in [0.15, 0.2) is 5.82 Å². The quantitative estimate of drug-likeness (QED) is 0.134. The number of carbonyl (C=O) groups is 2. The Morgan fingerprint density at radius 1 is 1.14 bits per heavy atom. The van der Waals surface area contributed by atoms with Gasteiger partial charge in [-0.2, -0.15) is 13.2 Å². The van der Waals surface area contributed by atoms with Crippen molar-refractivity contribution in [2.75, 3.05) is 25.0 Å². The number of anilines is 1. The van der Waals surface area contributed by atoms with Crippen molar-refractivity contribution in [3.8, 4) is 11.7 Å². The molecule has 3 aromatic rings. The molecule has 4 heterocycles. The first kappa shape index (κ1) is 36.2. The highest BCUT2D eigenvalue weighted by molar-refractivity contribution is 7.90. The molecule has 18 heteroatoms. The summed E-state index contributed by atoms with van der Waals surface area (Å²) in [5.74, 6) is -0.0219. The molecule has 1 aliphatic carbocycles. The van der Waals surface area contributed by atoms with Crippen molar-refractivity contribution in [1.82, 2.24) is 29.4 Å². The minimum atomic E-state index is -4.31. The van der Waals surface area contributed by atoms with Crippen LogP contribution in [-0.4, -0.2) is 81.6 Å². The van der Waals surface area contributed by atoms with Crippen LogP contribution < -0.4 is 14.8 Å². The van der Waals surface area contributed by atoms with Crippen LogP contribution in [0.1, 0.15) is 69.2 Å². The van der Waals surface area contributed by atoms with E-state index < -0.39 is 33.6 Å². The molecule has 1 atom stereocenters. The van der Waals surface area contributed by atoms with Crippen LogP contribution in [0.15, 0.2) is 47.6 Å². The zero-order valence-electron chi connectivity index (χ0n) is 26.8. The maximum Gasteiger partial charge on any atom is 0.407 e. The summed E-state index contributed by atoms with van der Waals surface area (Å²) >= 11 is 6.21. The summed E-state index contributed by atoms with van der Waals surface area (Å²) in [5.41, 5.74) is -2.27. The van der Waals surface area contributed by atoms with Crippen molar-refractivity contribution in [3.05, 3.63) is 53.4 Å². The summed E-state index contributed by atoms with van der Waals surface area (Å²) in [6.07, 6.45) is 0.826. The second-order valence-corrected chi connectivity index (χ2v) is 15.0. The zero-order chi connectivity index (χ0) is 35.6. The molecule has 5 rings (SSSR count). The topological polar surface area (TPSA) is 169 Å². The van der Waals surface area contributed by atoms with E-state index in [1.54, 1.807) is 0 Å². The smallest absolute Gasteiger partial charge is 0.407 e. The highest BCUT2D eigenvalue weighted by Crippen LogP contribution is 2.59. The summed E-state index contributed by atoms with van der Waals surface area (Å²) in [6, 6.07) is 6.86. The molecule has 3 aromatic heterocycles. The van der Waals surface area contributed by atoms with Crippen LogP contribution in [0, 0.1) is 11.3 Å². The lowest BCUT2D eigenvalue weighted by molar-refractivity contribution is -0.190. The number of sulfonamides is 1. The average Bonchev–Trinajstić information content (AvgIpc) is 3.56. The van der Waals surface area contributed by atoms with Crippen LogP contribution in [0.4, 0.5) is 23.8 Å². The maximum absolute atomic E-state index is 13.1. The molecule has 0 spiro atoms. The van der Waals surface area contributed by atoms with Gasteiger partial charge in [0.2, 0.25) is 5.88 Å². The Kier molecular flexibility index (Phi) is 10.3.